The molecule has 0 aliphatic rings. The Balaban J connectivity index is 3.13. The molecule has 0 aromatic heterocycles. The van der Waals surface area contributed by atoms with Gasteiger partial charge in [0.05, 0.1) is 5.56 Å². The number of carboxylic acids is 1. The monoisotopic (exact) mass is 277 g/mol. The maximum absolute atomic E-state index is 10.5. The Morgan fingerprint density at radius 3 is 2.75 bits per heavy atom. The minimum atomic E-state index is -0.916. The molecule has 0 aliphatic carbocycles. The summed E-state index contributed by atoms with van der Waals surface area (Å²) >= 11 is 2.13. The fourth-order valence-electron chi connectivity index (χ4n) is 0.864. The third kappa shape index (κ3) is 1.95. The number of carbonyl (C=O) groups is 1. The molecule has 4 heteroatoms. The third-order valence-electron chi connectivity index (χ3n) is 1.51. The minimum absolute atomic E-state index is 0.288. The summed E-state index contributed by atoms with van der Waals surface area (Å²) in [7, 11) is 0. The number of hydrogen-bond donors (Lipinski definition) is 2. The minimum Gasteiger partial charge on any atom is -0.478 e. The van der Waals surface area contributed by atoms with Gasteiger partial charge in [0.1, 0.15) is 0 Å². The van der Waals surface area contributed by atoms with E-state index >= 15 is 0 Å². The fourth-order valence-corrected chi connectivity index (χ4v) is 1.42. The van der Waals surface area contributed by atoms with Gasteiger partial charge in [-0.3, -0.25) is 0 Å². The van der Waals surface area contributed by atoms with Crippen LogP contribution in [-0.4, -0.2) is 11.1 Å². The van der Waals surface area contributed by atoms with Crippen LogP contribution in [0.15, 0.2) is 18.2 Å². The molecule has 0 heterocycles. The predicted octanol–water partition coefficient (Wildman–Crippen LogP) is 1.45. The SMILES string of the molecule is NCc1cc(C(=O)O)ccc1I. The summed E-state index contributed by atoms with van der Waals surface area (Å²) in [5.74, 6) is -0.916. The Kier molecular flexibility index (Phi) is 3.05. The molecule has 0 saturated heterocycles. The van der Waals surface area contributed by atoms with Gasteiger partial charge in [0.25, 0.3) is 0 Å². The summed E-state index contributed by atoms with van der Waals surface area (Å²) < 4.78 is 1.00. The van der Waals surface area contributed by atoms with Gasteiger partial charge in [0.2, 0.25) is 0 Å². The average molecular weight is 277 g/mol. The smallest absolute Gasteiger partial charge is 0.335 e. The zero-order chi connectivity index (χ0) is 9.14. The lowest BCUT2D eigenvalue weighted by molar-refractivity contribution is 0.0697. The van der Waals surface area contributed by atoms with Crippen molar-refractivity contribution >= 4 is 28.6 Å². The van der Waals surface area contributed by atoms with E-state index in [2.05, 4.69) is 22.6 Å². The molecule has 1 aromatic carbocycles. The van der Waals surface area contributed by atoms with Gasteiger partial charge in [-0.15, -0.1) is 0 Å². The molecule has 3 N–H and O–H groups in total. The second-order valence-electron chi connectivity index (χ2n) is 2.32. The lowest BCUT2D eigenvalue weighted by atomic mass is 10.1. The van der Waals surface area contributed by atoms with Crippen molar-refractivity contribution in [1.29, 1.82) is 0 Å². The first-order valence-electron chi connectivity index (χ1n) is 3.37. The van der Waals surface area contributed by atoms with Gasteiger partial charge < -0.3 is 10.8 Å². The first-order chi connectivity index (χ1) is 5.65. The first kappa shape index (κ1) is 9.47. The van der Waals surface area contributed by atoms with E-state index in [-0.39, 0.29) is 5.56 Å². The number of rotatable bonds is 2. The van der Waals surface area contributed by atoms with Crippen LogP contribution in [0.25, 0.3) is 0 Å². The van der Waals surface area contributed by atoms with E-state index in [1.54, 1.807) is 18.2 Å². The Labute approximate surface area is 83.7 Å². The second kappa shape index (κ2) is 3.86. The summed E-state index contributed by atoms with van der Waals surface area (Å²) in [6.07, 6.45) is 0. The van der Waals surface area contributed by atoms with Crippen LogP contribution in [0.2, 0.25) is 0 Å². The predicted molar refractivity (Wildman–Crippen MR) is 54.0 cm³/mol. The molecular formula is C8H8INO2. The highest BCUT2D eigenvalue weighted by atomic mass is 127. The van der Waals surface area contributed by atoms with Gasteiger partial charge >= 0.3 is 5.97 Å². The standard InChI is InChI=1S/C8H8INO2/c9-7-2-1-5(8(11)12)3-6(7)4-10/h1-3H,4,10H2,(H,11,12). The summed E-state index contributed by atoms with van der Waals surface area (Å²) in [4.78, 5) is 10.5. The molecule has 0 saturated carbocycles. The number of benzene rings is 1. The van der Waals surface area contributed by atoms with Crippen LogP contribution in [0, 0.1) is 3.57 Å². The zero-order valence-corrected chi connectivity index (χ0v) is 8.41. The highest BCUT2D eigenvalue weighted by Gasteiger charge is 2.04. The summed E-state index contributed by atoms with van der Waals surface area (Å²) in [6, 6.07) is 4.93. The van der Waals surface area contributed by atoms with Crippen LogP contribution < -0.4 is 5.73 Å². The number of halogens is 1. The highest BCUT2D eigenvalue weighted by molar-refractivity contribution is 14.1. The Bertz CT molecular complexity index is 312. The van der Waals surface area contributed by atoms with E-state index in [4.69, 9.17) is 10.8 Å². The lowest BCUT2D eigenvalue weighted by Gasteiger charge is -2.01. The van der Waals surface area contributed by atoms with E-state index in [0.29, 0.717) is 6.54 Å². The van der Waals surface area contributed by atoms with Crippen LogP contribution in [-0.2, 0) is 6.54 Å². The highest BCUT2D eigenvalue weighted by Crippen LogP contribution is 2.13. The molecule has 0 fully saturated rings. The molecular weight excluding hydrogens is 269 g/mol. The quantitative estimate of drug-likeness (QED) is 0.804. The molecule has 0 atom stereocenters. The molecule has 0 bridgehead atoms. The van der Waals surface area contributed by atoms with Crippen molar-refractivity contribution in [2.24, 2.45) is 5.73 Å². The number of hydrogen-bond acceptors (Lipinski definition) is 2. The number of nitrogens with two attached hydrogens (primary N) is 1. The van der Waals surface area contributed by atoms with Crippen LogP contribution in [0.5, 0.6) is 0 Å². The average Bonchev–Trinajstić information content (AvgIpc) is 2.05. The van der Waals surface area contributed by atoms with E-state index in [9.17, 15) is 4.79 Å². The number of carboxylic acid groups (broad SMARTS) is 1. The van der Waals surface area contributed by atoms with Crippen LogP contribution in [0.3, 0.4) is 0 Å². The molecule has 3 nitrogen and oxygen atoms in total. The fraction of sp³-hybridized carbons (Fsp3) is 0.125. The van der Waals surface area contributed by atoms with Crippen molar-refractivity contribution in [1.82, 2.24) is 0 Å². The Morgan fingerprint density at radius 2 is 2.25 bits per heavy atom. The van der Waals surface area contributed by atoms with Crippen LogP contribution >= 0.6 is 22.6 Å². The molecule has 64 valence electrons. The molecule has 1 rings (SSSR count). The van der Waals surface area contributed by atoms with Crippen molar-refractivity contribution in [3.63, 3.8) is 0 Å². The van der Waals surface area contributed by atoms with Crippen molar-refractivity contribution < 1.29 is 9.90 Å². The van der Waals surface area contributed by atoms with Crippen molar-refractivity contribution in [3.8, 4) is 0 Å². The zero-order valence-electron chi connectivity index (χ0n) is 6.25. The van der Waals surface area contributed by atoms with Crippen molar-refractivity contribution in [3.05, 3.63) is 32.9 Å². The van der Waals surface area contributed by atoms with E-state index in [0.717, 1.165) is 9.13 Å². The normalized spacial score (nSPS) is 9.83. The maximum Gasteiger partial charge on any atom is 0.335 e. The molecule has 0 aliphatic heterocycles. The third-order valence-corrected chi connectivity index (χ3v) is 2.56. The molecule has 0 amide bonds. The summed E-state index contributed by atoms with van der Waals surface area (Å²) in [6.45, 7) is 0.374. The van der Waals surface area contributed by atoms with Gasteiger partial charge in [-0.1, -0.05) is 0 Å². The Morgan fingerprint density at radius 1 is 1.58 bits per heavy atom. The lowest BCUT2D eigenvalue weighted by Crippen LogP contribution is -2.03. The van der Waals surface area contributed by atoms with Gasteiger partial charge in [-0.2, -0.15) is 0 Å². The van der Waals surface area contributed by atoms with Crippen molar-refractivity contribution in [2.75, 3.05) is 0 Å². The summed E-state index contributed by atoms with van der Waals surface area (Å²) in [5.41, 5.74) is 6.58. The van der Waals surface area contributed by atoms with Gasteiger partial charge in [0.15, 0.2) is 0 Å². The molecule has 12 heavy (non-hydrogen) atoms. The van der Waals surface area contributed by atoms with E-state index < -0.39 is 5.97 Å². The van der Waals surface area contributed by atoms with Crippen LogP contribution in [0.1, 0.15) is 15.9 Å². The molecule has 0 radical (unpaired) electrons. The maximum atomic E-state index is 10.5. The van der Waals surface area contributed by atoms with E-state index in [1.165, 1.54) is 0 Å². The Hall–Kier alpha value is -0.620. The first-order valence-corrected chi connectivity index (χ1v) is 4.45. The topological polar surface area (TPSA) is 63.3 Å². The second-order valence-corrected chi connectivity index (χ2v) is 3.48. The van der Waals surface area contributed by atoms with Gasteiger partial charge in [-0.25, -0.2) is 4.79 Å². The van der Waals surface area contributed by atoms with Gasteiger partial charge in [0, 0.05) is 10.1 Å². The van der Waals surface area contributed by atoms with Crippen molar-refractivity contribution in [2.45, 2.75) is 6.54 Å². The molecule has 1 aromatic rings. The summed E-state index contributed by atoms with van der Waals surface area (Å²) in [5, 5.41) is 8.65. The van der Waals surface area contributed by atoms with E-state index in [1.807, 2.05) is 0 Å². The largest absolute Gasteiger partial charge is 0.478 e. The number of aromatic carboxylic acids is 1. The van der Waals surface area contributed by atoms with Crippen LogP contribution in [0.4, 0.5) is 0 Å². The molecule has 0 spiro atoms. The molecule has 0 unspecified atom stereocenters. The van der Waals surface area contributed by atoms with Gasteiger partial charge in [-0.05, 0) is 46.4 Å².